The van der Waals surface area contributed by atoms with Crippen molar-refractivity contribution in [1.29, 1.82) is 0 Å². The van der Waals surface area contributed by atoms with Crippen LogP contribution in [0.4, 0.5) is 5.13 Å². The first-order chi connectivity index (χ1) is 14.0. The minimum atomic E-state index is -0.432. The molecule has 0 spiro atoms. The van der Waals surface area contributed by atoms with Crippen LogP contribution in [0.5, 0.6) is 0 Å². The van der Waals surface area contributed by atoms with Crippen molar-refractivity contribution in [3.63, 3.8) is 0 Å². The van der Waals surface area contributed by atoms with Gasteiger partial charge >= 0.3 is 0 Å². The maximum Gasteiger partial charge on any atom is 0.279 e. The Kier molecular flexibility index (Phi) is 5.18. The van der Waals surface area contributed by atoms with E-state index in [4.69, 9.17) is 0 Å². The Morgan fingerprint density at radius 3 is 2.45 bits per heavy atom. The zero-order valence-electron chi connectivity index (χ0n) is 16.0. The number of amides is 1. The molecule has 0 saturated heterocycles. The van der Waals surface area contributed by atoms with Gasteiger partial charge in [-0.3, -0.25) is 14.9 Å². The Morgan fingerprint density at radius 2 is 1.72 bits per heavy atom. The SMILES string of the molecule is CC(C)Cc1nnc(NC(=O)c2nn(-c3ccccc3)c(=O)c3ccccc23)s1. The summed E-state index contributed by atoms with van der Waals surface area (Å²) in [6.07, 6.45) is 0.799. The summed E-state index contributed by atoms with van der Waals surface area (Å²) in [5, 5.41) is 17.5. The highest BCUT2D eigenvalue weighted by atomic mass is 32.1. The molecule has 7 nitrogen and oxygen atoms in total. The third kappa shape index (κ3) is 3.93. The lowest BCUT2D eigenvalue weighted by molar-refractivity contribution is 0.102. The van der Waals surface area contributed by atoms with Crippen LogP contribution in [0.25, 0.3) is 16.5 Å². The van der Waals surface area contributed by atoms with Gasteiger partial charge in [0.2, 0.25) is 5.13 Å². The van der Waals surface area contributed by atoms with Crippen molar-refractivity contribution in [2.75, 3.05) is 5.32 Å². The molecule has 0 bridgehead atoms. The third-order valence-electron chi connectivity index (χ3n) is 4.29. The number of carbonyl (C=O) groups is 1. The first-order valence-corrected chi connectivity index (χ1v) is 10.1. The van der Waals surface area contributed by atoms with E-state index in [1.165, 1.54) is 16.0 Å². The van der Waals surface area contributed by atoms with E-state index in [1.807, 2.05) is 18.2 Å². The van der Waals surface area contributed by atoms with E-state index in [0.29, 0.717) is 27.5 Å². The lowest BCUT2D eigenvalue weighted by Crippen LogP contribution is -2.26. The highest BCUT2D eigenvalue weighted by molar-refractivity contribution is 7.15. The number of benzene rings is 2. The van der Waals surface area contributed by atoms with Crippen LogP contribution in [0.1, 0.15) is 29.3 Å². The number of para-hydroxylation sites is 1. The van der Waals surface area contributed by atoms with Crippen LogP contribution in [-0.4, -0.2) is 25.9 Å². The van der Waals surface area contributed by atoms with Crippen LogP contribution in [0.3, 0.4) is 0 Å². The van der Waals surface area contributed by atoms with Crippen LogP contribution < -0.4 is 10.9 Å². The minimum absolute atomic E-state index is 0.157. The first kappa shape index (κ1) is 18.9. The molecule has 146 valence electrons. The van der Waals surface area contributed by atoms with Crippen LogP contribution in [0.15, 0.2) is 59.4 Å². The number of hydrogen-bond acceptors (Lipinski definition) is 6. The zero-order chi connectivity index (χ0) is 20.4. The predicted octanol–water partition coefficient (Wildman–Crippen LogP) is 3.69. The molecule has 1 N–H and O–H groups in total. The monoisotopic (exact) mass is 405 g/mol. The van der Waals surface area contributed by atoms with Crippen LogP contribution in [0, 0.1) is 5.92 Å². The summed E-state index contributed by atoms with van der Waals surface area (Å²) in [6.45, 7) is 4.20. The largest absolute Gasteiger partial charge is 0.295 e. The van der Waals surface area contributed by atoms with Crippen LogP contribution in [-0.2, 0) is 6.42 Å². The van der Waals surface area contributed by atoms with E-state index >= 15 is 0 Å². The number of aromatic nitrogens is 4. The molecule has 1 amide bonds. The predicted molar refractivity (Wildman–Crippen MR) is 114 cm³/mol. The fraction of sp³-hybridized carbons (Fsp3) is 0.190. The van der Waals surface area contributed by atoms with E-state index in [2.05, 4.69) is 34.5 Å². The minimum Gasteiger partial charge on any atom is -0.295 e. The van der Waals surface area contributed by atoms with Gasteiger partial charge in [0.05, 0.1) is 11.1 Å². The summed E-state index contributed by atoms with van der Waals surface area (Å²) in [5.74, 6) is 0.0182. The van der Waals surface area contributed by atoms with E-state index in [1.54, 1.807) is 36.4 Å². The van der Waals surface area contributed by atoms with Crippen molar-refractivity contribution < 1.29 is 4.79 Å². The highest BCUT2D eigenvalue weighted by Gasteiger charge is 2.19. The Morgan fingerprint density at radius 1 is 1.03 bits per heavy atom. The highest BCUT2D eigenvalue weighted by Crippen LogP contribution is 2.21. The van der Waals surface area contributed by atoms with Gasteiger partial charge in [0, 0.05) is 11.8 Å². The number of fused-ring (bicyclic) bond motifs is 1. The van der Waals surface area contributed by atoms with Crippen molar-refractivity contribution >= 4 is 33.1 Å². The van der Waals surface area contributed by atoms with Gasteiger partial charge in [0.15, 0.2) is 5.69 Å². The Hall–Kier alpha value is -3.39. The summed E-state index contributed by atoms with van der Waals surface area (Å²) >= 11 is 1.34. The van der Waals surface area contributed by atoms with Gasteiger partial charge < -0.3 is 0 Å². The Bertz CT molecular complexity index is 1230. The standard InChI is InChI=1S/C21H19N5O2S/c1-13(2)12-17-23-24-21(29-17)22-19(27)18-15-10-6-7-11-16(15)20(28)26(25-18)14-8-4-3-5-9-14/h3-11,13H,12H2,1-2H3,(H,22,24,27). The topological polar surface area (TPSA) is 89.8 Å². The second kappa shape index (κ2) is 7.92. The average Bonchev–Trinajstić information content (AvgIpc) is 3.15. The van der Waals surface area contributed by atoms with Gasteiger partial charge in [-0.1, -0.05) is 61.6 Å². The number of anilines is 1. The molecule has 2 aromatic heterocycles. The van der Waals surface area contributed by atoms with Gasteiger partial charge in [-0.25, -0.2) is 0 Å². The van der Waals surface area contributed by atoms with E-state index in [0.717, 1.165) is 11.4 Å². The van der Waals surface area contributed by atoms with Crippen molar-refractivity contribution in [2.24, 2.45) is 5.92 Å². The molecule has 0 atom stereocenters. The number of hydrogen-bond donors (Lipinski definition) is 1. The first-order valence-electron chi connectivity index (χ1n) is 9.24. The van der Waals surface area contributed by atoms with E-state index in [9.17, 15) is 9.59 Å². The lowest BCUT2D eigenvalue weighted by Gasteiger charge is -2.10. The Balaban J connectivity index is 1.76. The molecule has 4 aromatic rings. The summed E-state index contributed by atoms with van der Waals surface area (Å²) in [5.41, 5.74) is 0.468. The van der Waals surface area contributed by atoms with Gasteiger partial charge in [-0.2, -0.15) is 9.78 Å². The van der Waals surface area contributed by atoms with Crippen molar-refractivity contribution in [2.45, 2.75) is 20.3 Å². The van der Waals surface area contributed by atoms with Gasteiger partial charge in [-0.05, 0) is 24.1 Å². The van der Waals surface area contributed by atoms with Gasteiger partial charge in [0.25, 0.3) is 11.5 Å². The molecule has 29 heavy (non-hydrogen) atoms. The summed E-state index contributed by atoms with van der Waals surface area (Å²) in [4.78, 5) is 25.9. The number of rotatable bonds is 5. The molecule has 0 aliphatic heterocycles. The fourth-order valence-corrected chi connectivity index (χ4v) is 3.94. The van der Waals surface area contributed by atoms with Crippen molar-refractivity contribution in [3.05, 3.63) is 75.7 Å². The average molecular weight is 405 g/mol. The van der Waals surface area contributed by atoms with Crippen molar-refractivity contribution in [1.82, 2.24) is 20.0 Å². The van der Waals surface area contributed by atoms with Crippen LogP contribution in [0.2, 0.25) is 0 Å². The number of nitrogens with one attached hydrogen (secondary N) is 1. The molecule has 0 aliphatic rings. The molecule has 0 aliphatic carbocycles. The molecule has 0 saturated carbocycles. The molecule has 2 aromatic carbocycles. The third-order valence-corrected chi connectivity index (χ3v) is 5.15. The second-order valence-corrected chi connectivity index (χ2v) is 8.06. The number of nitrogens with zero attached hydrogens (tertiary/aromatic N) is 4. The molecular weight excluding hydrogens is 386 g/mol. The maximum atomic E-state index is 13.0. The quantitative estimate of drug-likeness (QED) is 0.547. The van der Waals surface area contributed by atoms with Gasteiger partial charge in [-0.15, -0.1) is 10.2 Å². The molecule has 8 heteroatoms. The second-order valence-electron chi connectivity index (χ2n) is 7.00. The molecule has 0 radical (unpaired) electrons. The maximum absolute atomic E-state index is 13.0. The summed E-state index contributed by atoms with van der Waals surface area (Å²) < 4.78 is 1.25. The van der Waals surface area contributed by atoms with E-state index in [-0.39, 0.29) is 11.3 Å². The van der Waals surface area contributed by atoms with E-state index < -0.39 is 5.91 Å². The molecule has 0 fully saturated rings. The zero-order valence-corrected chi connectivity index (χ0v) is 16.8. The van der Waals surface area contributed by atoms with Crippen LogP contribution >= 0.6 is 11.3 Å². The molecular formula is C21H19N5O2S. The molecule has 4 rings (SSSR count). The van der Waals surface area contributed by atoms with Crippen molar-refractivity contribution in [3.8, 4) is 5.69 Å². The summed E-state index contributed by atoms with van der Waals surface area (Å²) in [6, 6.07) is 16.0. The Labute approximate surface area is 171 Å². The fourth-order valence-electron chi connectivity index (χ4n) is 2.99. The smallest absolute Gasteiger partial charge is 0.279 e. The van der Waals surface area contributed by atoms with Gasteiger partial charge in [0.1, 0.15) is 5.01 Å². The summed E-state index contributed by atoms with van der Waals surface area (Å²) in [7, 11) is 0. The molecule has 0 unspecified atom stereocenters. The molecule has 2 heterocycles. The normalized spacial score (nSPS) is 11.1. The lowest BCUT2D eigenvalue weighted by atomic mass is 10.1. The number of carbonyl (C=O) groups excluding carboxylic acids is 1.